The van der Waals surface area contributed by atoms with Crippen LogP contribution < -0.4 is 4.90 Å². The van der Waals surface area contributed by atoms with E-state index in [9.17, 15) is 0 Å². The number of alkyl halides is 1. The Morgan fingerprint density at radius 1 is 1.50 bits per heavy atom. The van der Waals surface area contributed by atoms with Crippen molar-refractivity contribution in [2.45, 2.75) is 25.1 Å². The third-order valence-electron chi connectivity index (χ3n) is 3.19. The quantitative estimate of drug-likeness (QED) is 0.729. The Balaban J connectivity index is 2.26. The van der Waals surface area contributed by atoms with Crippen molar-refractivity contribution in [1.29, 1.82) is 0 Å². The maximum absolute atomic E-state index is 6.09. The van der Waals surface area contributed by atoms with Gasteiger partial charge < -0.3 is 4.90 Å². The van der Waals surface area contributed by atoms with Crippen molar-refractivity contribution >= 4 is 33.2 Å². The average Bonchev–Trinajstić information content (AvgIpc) is 2.29. The van der Waals surface area contributed by atoms with Crippen molar-refractivity contribution < 1.29 is 0 Å². The van der Waals surface area contributed by atoms with Crippen LogP contribution >= 0.6 is 27.5 Å². The van der Waals surface area contributed by atoms with E-state index in [1.165, 1.54) is 24.1 Å². The summed E-state index contributed by atoms with van der Waals surface area (Å²) < 4.78 is 0. The van der Waals surface area contributed by atoms with Gasteiger partial charge in [0, 0.05) is 29.1 Å². The molecule has 1 aromatic carbocycles. The molecule has 1 fully saturated rings. The first-order chi connectivity index (χ1) is 7.70. The van der Waals surface area contributed by atoms with E-state index < -0.39 is 0 Å². The van der Waals surface area contributed by atoms with Crippen molar-refractivity contribution in [3.63, 3.8) is 0 Å². The molecule has 1 atom stereocenters. The van der Waals surface area contributed by atoms with E-state index in [-0.39, 0.29) is 0 Å². The van der Waals surface area contributed by atoms with Gasteiger partial charge in [0.05, 0.1) is 0 Å². The predicted molar refractivity (Wildman–Crippen MR) is 74.7 cm³/mol. The maximum atomic E-state index is 6.09. The van der Waals surface area contributed by atoms with Crippen LogP contribution in [-0.4, -0.2) is 13.1 Å². The molecule has 1 aliphatic rings. The lowest BCUT2D eigenvalue weighted by atomic mass is 9.99. The Morgan fingerprint density at radius 3 is 3.00 bits per heavy atom. The molecule has 0 bridgehead atoms. The summed E-state index contributed by atoms with van der Waals surface area (Å²) in [6, 6.07) is 6.18. The lowest BCUT2D eigenvalue weighted by Gasteiger charge is -2.34. The van der Waals surface area contributed by atoms with Crippen LogP contribution in [0.4, 0.5) is 5.69 Å². The fraction of sp³-hybridized carbons (Fsp3) is 0.538. The van der Waals surface area contributed by atoms with Gasteiger partial charge in [-0.1, -0.05) is 40.5 Å². The SMILES string of the molecule is CC1CCCN(c2cc(Cl)ccc2CBr)C1. The smallest absolute Gasteiger partial charge is 0.0426 e. The highest BCUT2D eigenvalue weighted by atomic mass is 79.9. The van der Waals surface area contributed by atoms with Gasteiger partial charge in [-0.2, -0.15) is 0 Å². The van der Waals surface area contributed by atoms with Crippen molar-refractivity contribution in [3.8, 4) is 0 Å². The molecule has 0 saturated carbocycles. The Bertz CT molecular complexity index is 367. The van der Waals surface area contributed by atoms with Gasteiger partial charge >= 0.3 is 0 Å². The minimum absolute atomic E-state index is 0.788. The van der Waals surface area contributed by atoms with Crippen LogP contribution in [0.5, 0.6) is 0 Å². The third kappa shape index (κ3) is 2.72. The zero-order valence-corrected chi connectivity index (χ0v) is 11.9. The van der Waals surface area contributed by atoms with Gasteiger partial charge in [0.2, 0.25) is 0 Å². The van der Waals surface area contributed by atoms with Gasteiger partial charge in [-0.05, 0) is 36.5 Å². The second-order valence-corrected chi connectivity index (χ2v) is 5.60. The molecule has 0 radical (unpaired) electrons. The van der Waals surface area contributed by atoms with Crippen molar-refractivity contribution in [2.24, 2.45) is 5.92 Å². The summed E-state index contributed by atoms with van der Waals surface area (Å²) in [4.78, 5) is 2.47. The van der Waals surface area contributed by atoms with E-state index in [0.717, 1.165) is 29.4 Å². The highest BCUT2D eigenvalue weighted by molar-refractivity contribution is 9.08. The summed E-state index contributed by atoms with van der Waals surface area (Å²) in [5.41, 5.74) is 2.63. The molecule has 3 heteroatoms. The molecule has 1 aromatic rings. The molecule has 1 saturated heterocycles. The lowest BCUT2D eigenvalue weighted by Crippen LogP contribution is -2.34. The zero-order chi connectivity index (χ0) is 11.5. The Kier molecular flexibility index (Phi) is 4.15. The monoisotopic (exact) mass is 301 g/mol. The zero-order valence-electron chi connectivity index (χ0n) is 9.55. The highest BCUT2D eigenvalue weighted by Crippen LogP contribution is 2.30. The fourth-order valence-electron chi connectivity index (χ4n) is 2.35. The molecule has 0 amide bonds. The summed E-state index contributed by atoms with van der Waals surface area (Å²) in [5, 5.41) is 1.72. The molecule has 16 heavy (non-hydrogen) atoms. The second kappa shape index (κ2) is 5.42. The van der Waals surface area contributed by atoms with Crippen LogP contribution in [0.3, 0.4) is 0 Å². The minimum atomic E-state index is 0.788. The molecule has 0 N–H and O–H groups in total. The first-order valence-corrected chi connectivity index (χ1v) is 7.30. The van der Waals surface area contributed by atoms with Crippen LogP contribution in [0.1, 0.15) is 25.3 Å². The van der Waals surface area contributed by atoms with E-state index in [0.29, 0.717) is 0 Å². The minimum Gasteiger partial charge on any atom is -0.371 e. The number of piperidine rings is 1. The number of rotatable bonds is 2. The van der Waals surface area contributed by atoms with E-state index in [1.54, 1.807) is 0 Å². The lowest BCUT2D eigenvalue weighted by molar-refractivity contribution is 0.446. The molecule has 1 heterocycles. The summed E-state index contributed by atoms with van der Waals surface area (Å²) >= 11 is 9.63. The first-order valence-electron chi connectivity index (χ1n) is 5.80. The van der Waals surface area contributed by atoms with Gasteiger partial charge in [0.1, 0.15) is 0 Å². The number of nitrogens with zero attached hydrogens (tertiary/aromatic N) is 1. The summed E-state index contributed by atoms with van der Waals surface area (Å²) in [6.07, 6.45) is 2.64. The largest absolute Gasteiger partial charge is 0.371 e. The number of hydrogen-bond acceptors (Lipinski definition) is 1. The Morgan fingerprint density at radius 2 is 2.31 bits per heavy atom. The Hall–Kier alpha value is -0.210. The summed E-state index contributed by atoms with van der Waals surface area (Å²) in [5.74, 6) is 0.788. The molecule has 0 aliphatic carbocycles. The van der Waals surface area contributed by atoms with Gasteiger partial charge in [0.15, 0.2) is 0 Å². The summed E-state index contributed by atoms with van der Waals surface area (Å²) in [6.45, 7) is 4.63. The van der Waals surface area contributed by atoms with Crippen molar-refractivity contribution in [2.75, 3.05) is 18.0 Å². The fourth-order valence-corrected chi connectivity index (χ4v) is 2.99. The number of anilines is 1. The molecule has 0 spiro atoms. The second-order valence-electron chi connectivity index (χ2n) is 4.60. The van der Waals surface area contributed by atoms with Crippen molar-refractivity contribution in [1.82, 2.24) is 0 Å². The topological polar surface area (TPSA) is 3.24 Å². The molecule has 2 rings (SSSR count). The van der Waals surface area contributed by atoms with Crippen molar-refractivity contribution in [3.05, 3.63) is 28.8 Å². The molecule has 1 aliphatic heterocycles. The van der Waals surface area contributed by atoms with Crippen LogP contribution in [0.15, 0.2) is 18.2 Å². The van der Waals surface area contributed by atoms with Gasteiger partial charge in [0.25, 0.3) is 0 Å². The van der Waals surface area contributed by atoms with Crippen LogP contribution in [0, 0.1) is 5.92 Å². The highest BCUT2D eigenvalue weighted by Gasteiger charge is 2.18. The molecule has 1 nitrogen and oxygen atoms in total. The van der Waals surface area contributed by atoms with E-state index in [2.05, 4.69) is 39.9 Å². The van der Waals surface area contributed by atoms with Crippen LogP contribution in [0.2, 0.25) is 5.02 Å². The molecule has 1 unspecified atom stereocenters. The van der Waals surface area contributed by atoms with Crippen LogP contribution in [-0.2, 0) is 5.33 Å². The van der Waals surface area contributed by atoms with E-state index in [4.69, 9.17) is 11.6 Å². The number of hydrogen-bond donors (Lipinski definition) is 0. The van der Waals surface area contributed by atoms with Crippen LogP contribution in [0.25, 0.3) is 0 Å². The molecule has 0 aromatic heterocycles. The van der Waals surface area contributed by atoms with Gasteiger partial charge in [-0.15, -0.1) is 0 Å². The van der Waals surface area contributed by atoms with Gasteiger partial charge in [-0.25, -0.2) is 0 Å². The van der Waals surface area contributed by atoms with E-state index >= 15 is 0 Å². The number of halogens is 2. The maximum Gasteiger partial charge on any atom is 0.0426 e. The van der Waals surface area contributed by atoms with E-state index in [1.807, 2.05) is 6.07 Å². The Labute approximate surface area is 111 Å². The molecular formula is C13H17BrClN. The number of benzene rings is 1. The molecular weight excluding hydrogens is 286 g/mol. The molecule has 88 valence electrons. The predicted octanol–water partition coefficient (Wildman–Crippen LogP) is 4.47. The third-order valence-corrected chi connectivity index (χ3v) is 4.03. The average molecular weight is 303 g/mol. The van der Waals surface area contributed by atoms with Gasteiger partial charge in [-0.3, -0.25) is 0 Å². The normalized spacial score (nSPS) is 21.2. The summed E-state index contributed by atoms with van der Waals surface area (Å²) in [7, 11) is 0. The standard InChI is InChI=1S/C13H17BrClN/c1-10-3-2-6-16(9-10)13-7-12(15)5-4-11(13)8-14/h4-5,7,10H,2-3,6,8-9H2,1H3. The first kappa shape index (κ1) is 12.3.